The molecule has 0 spiro atoms. The van der Waals surface area contributed by atoms with Crippen molar-refractivity contribution in [3.63, 3.8) is 0 Å². The molecule has 24 heavy (non-hydrogen) atoms. The quantitative estimate of drug-likeness (QED) is 0.749. The fraction of sp³-hybridized carbons (Fsp3) is 0.368. The largest absolute Gasteiger partial charge is 0.342 e. The summed E-state index contributed by atoms with van der Waals surface area (Å²) in [6, 6.07) is 17.9. The van der Waals surface area contributed by atoms with E-state index in [2.05, 4.69) is 31.2 Å². The molecule has 5 heteroatoms. The zero-order valence-corrected chi connectivity index (χ0v) is 16.4. The van der Waals surface area contributed by atoms with Gasteiger partial charge in [0, 0.05) is 11.3 Å². The normalized spacial score (nSPS) is 14.2. The lowest BCUT2D eigenvalue weighted by atomic mass is 10.0. The second-order valence-corrected chi connectivity index (χ2v) is 8.85. The van der Waals surface area contributed by atoms with Crippen LogP contribution in [0.5, 0.6) is 0 Å². The third kappa shape index (κ3) is 7.25. The molecule has 2 aromatic carbocycles. The highest BCUT2D eigenvalue weighted by atomic mass is 32.5. The van der Waals surface area contributed by atoms with E-state index >= 15 is 0 Å². The number of hydrogen-bond acceptors (Lipinski definition) is 3. The molecule has 0 aliphatic heterocycles. The second-order valence-electron chi connectivity index (χ2n) is 5.55. The Bertz CT molecular complexity index is 630. The van der Waals surface area contributed by atoms with E-state index < -0.39 is 6.49 Å². The minimum atomic E-state index is -2.71. The van der Waals surface area contributed by atoms with Crippen LogP contribution in [0.3, 0.4) is 0 Å². The lowest BCUT2D eigenvalue weighted by Crippen LogP contribution is -2.05. The van der Waals surface area contributed by atoms with E-state index in [0.29, 0.717) is 11.9 Å². The van der Waals surface area contributed by atoms with E-state index in [-0.39, 0.29) is 6.04 Å². The van der Waals surface area contributed by atoms with Gasteiger partial charge < -0.3 is 15.2 Å². The van der Waals surface area contributed by atoms with Gasteiger partial charge in [0.1, 0.15) is 0 Å². The minimum absolute atomic E-state index is 0.153. The first-order valence-electron chi connectivity index (χ1n) is 8.28. The molecule has 0 aliphatic rings. The summed E-state index contributed by atoms with van der Waals surface area (Å²) >= 11 is 4.95. The van der Waals surface area contributed by atoms with Crippen LogP contribution in [0.25, 0.3) is 0 Å². The summed E-state index contributed by atoms with van der Waals surface area (Å²) in [6.45, 7) is 3.76. The lowest BCUT2D eigenvalue weighted by Gasteiger charge is -2.13. The molecule has 2 atom stereocenters. The molecule has 2 rings (SSSR count). The average molecular weight is 365 g/mol. The van der Waals surface area contributed by atoms with Crippen molar-refractivity contribution in [1.29, 1.82) is 0 Å². The van der Waals surface area contributed by atoms with Crippen LogP contribution in [0.1, 0.15) is 44.4 Å². The molecule has 0 aliphatic carbocycles. The third-order valence-corrected chi connectivity index (χ3v) is 5.94. The van der Waals surface area contributed by atoms with Gasteiger partial charge in [-0.05, 0) is 55.3 Å². The molecule has 0 heterocycles. The Morgan fingerprint density at radius 1 is 1.08 bits per heavy atom. The molecule has 132 valence electrons. The molecular formula is C19H28NO2PS. The van der Waals surface area contributed by atoms with E-state index in [4.69, 9.17) is 22.1 Å². The SMILES string of the molecule is CCCc1ccc([C@H](C)N)cc1.CCOP(O)(=S)c1ccccc1. The molecule has 0 aromatic heterocycles. The Morgan fingerprint density at radius 2 is 1.67 bits per heavy atom. The highest BCUT2D eigenvalue weighted by Crippen LogP contribution is 2.40. The number of rotatable bonds is 6. The van der Waals surface area contributed by atoms with Crippen LogP contribution in [0.2, 0.25) is 0 Å². The predicted molar refractivity (Wildman–Crippen MR) is 107 cm³/mol. The van der Waals surface area contributed by atoms with Crippen LogP contribution >= 0.6 is 6.49 Å². The van der Waals surface area contributed by atoms with Gasteiger partial charge in [0.25, 0.3) is 0 Å². The van der Waals surface area contributed by atoms with Crippen LogP contribution in [-0.2, 0) is 22.8 Å². The van der Waals surface area contributed by atoms with Crippen LogP contribution in [0.4, 0.5) is 0 Å². The Balaban J connectivity index is 0.000000240. The number of nitrogens with two attached hydrogens (primary N) is 1. The van der Waals surface area contributed by atoms with Crippen LogP contribution in [0, 0.1) is 0 Å². The van der Waals surface area contributed by atoms with Gasteiger partial charge in [0.15, 0.2) is 0 Å². The maximum atomic E-state index is 9.69. The summed E-state index contributed by atoms with van der Waals surface area (Å²) in [4.78, 5) is 9.69. The Morgan fingerprint density at radius 3 is 2.12 bits per heavy atom. The maximum Gasteiger partial charge on any atom is 0.216 e. The standard InChI is InChI=1S/C11H17N.C8H11O2PS/c1-3-4-10-5-7-11(8-6-10)9(2)12;1-2-10-11(9,12)8-6-4-3-5-7-8/h5-9H,3-4,12H2,1-2H3;3-7H,2H2,1H3,(H,9,12)/t9-;/m0./s1. The topological polar surface area (TPSA) is 55.5 Å². The monoisotopic (exact) mass is 365 g/mol. The number of aryl methyl sites for hydroxylation is 1. The molecule has 0 saturated carbocycles. The Labute approximate surface area is 151 Å². The van der Waals surface area contributed by atoms with Crippen molar-refractivity contribution in [3.8, 4) is 0 Å². The minimum Gasteiger partial charge on any atom is -0.342 e. The van der Waals surface area contributed by atoms with Crippen LogP contribution in [0.15, 0.2) is 54.6 Å². The molecule has 1 unspecified atom stereocenters. The van der Waals surface area contributed by atoms with Gasteiger partial charge >= 0.3 is 0 Å². The lowest BCUT2D eigenvalue weighted by molar-refractivity contribution is 0.335. The summed E-state index contributed by atoms with van der Waals surface area (Å²) in [5.41, 5.74) is 8.36. The second kappa shape index (κ2) is 10.8. The molecule has 3 nitrogen and oxygen atoms in total. The maximum absolute atomic E-state index is 9.69. The predicted octanol–water partition coefficient (Wildman–Crippen LogP) is 4.31. The smallest absolute Gasteiger partial charge is 0.216 e. The number of hydrogen-bond donors (Lipinski definition) is 2. The van der Waals surface area contributed by atoms with Crippen molar-refractivity contribution in [1.82, 2.24) is 0 Å². The van der Waals surface area contributed by atoms with Gasteiger partial charge in [-0.15, -0.1) is 0 Å². The molecule has 3 N–H and O–H groups in total. The highest BCUT2D eigenvalue weighted by Gasteiger charge is 2.14. The third-order valence-electron chi connectivity index (χ3n) is 3.43. The van der Waals surface area contributed by atoms with Crippen molar-refractivity contribution in [2.45, 2.75) is 39.7 Å². The van der Waals surface area contributed by atoms with Crippen molar-refractivity contribution in [2.24, 2.45) is 5.73 Å². The molecule has 0 radical (unpaired) electrons. The van der Waals surface area contributed by atoms with Gasteiger partial charge in [-0.2, -0.15) is 0 Å². The van der Waals surface area contributed by atoms with E-state index in [1.54, 1.807) is 12.1 Å². The van der Waals surface area contributed by atoms with Crippen molar-refractivity contribution in [2.75, 3.05) is 6.61 Å². The van der Waals surface area contributed by atoms with Crippen molar-refractivity contribution in [3.05, 3.63) is 65.7 Å². The van der Waals surface area contributed by atoms with Gasteiger partial charge in [-0.25, -0.2) is 0 Å². The molecule has 0 amide bonds. The summed E-state index contributed by atoms with van der Waals surface area (Å²) in [5, 5.41) is 0.710. The van der Waals surface area contributed by atoms with Crippen LogP contribution < -0.4 is 11.0 Å². The van der Waals surface area contributed by atoms with Crippen molar-refractivity contribution >= 4 is 23.6 Å². The van der Waals surface area contributed by atoms with E-state index in [1.807, 2.05) is 32.0 Å². The molecule has 0 bridgehead atoms. The molecular weight excluding hydrogens is 337 g/mol. The van der Waals surface area contributed by atoms with Gasteiger partial charge in [-0.1, -0.05) is 55.8 Å². The molecule has 2 aromatic rings. The molecule has 0 fully saturated rings. The first-order valence-corrected chi connectivity index (χ1v) is 10.9. The zero-order valence-electron chi connectivity index (χ0n) is 14.7. The first kappa shape index (κ1) is 21.0. The summed E-state index contributed by atoms with van der Waals surface area (Å²) in [5.74, 6) is 0. The Kier molecular flexibility index (Phi) is 9.42. The summed E-state index contributed by atoms with van der Waals surface area (Å²) < 4.78 is 5.10. The fourth-order valence-corrected chi connectivity index (χ4v) is 3.87. The number of benzene rings is 2. The zero-order chi connectivity index (χ0) is 18.0. The van der Waals surface area contributed by atoms with Crippen LogP contribution in [-0.4, -0.2) is 11.5 Å². The average Bonchev–Trinajstić information content (AvgIpc) is 2.57. The van der Waals surface area contributed by atoms with E-state index in [0.717, 1.165) is 0 Å². The summed E-state index contributed by atoms with van der Waals surface area (Å²) in [7, 11) is 0. The van der Waals surface area contributed by atoms with Gasteiger partial charge in [0.05, 0.1) is 6.61 Å². The van der Waals surface area contributed by atoms with Gasteiger partial charge in [-0.3, -0.25) is 0 Å². The fourth-order valence-electron chi connectivity index (χ4n) is 2.14. The van der Waals surface area contributed by atoms with Crippen molar-refractivity contribution < 1.29 is 9.42 Å². The van der Waals surface area contributed by atoms with E-state index in [1.165, 1.54) is 24.0 Å². The summed E-state index contributed by atoms with van der Waals surface area (Å²) in [6.07, 6.45) is 2.37. The highest BCUT2D eigenvalue weighted by molar-refractivity contribution is 8.13. The Hall–Kier alpha value is -1.03. The van der Waals surface area contributed by atoms with Gasteiger partial charge in [0.2, 0.25) is 6.49 Å². The molecule has 0 saturated heterocycles. The van der Waals surface area contributed by atoms with E-state index in [9.17, 15) is 4.89 Å². The first-order chi connectivity index (χ1) is 11.4.